The topological polar surface area (TPSA) is 93.3 Å². The predicted octanol–water partition coefficient (Wildman–Crippen LogP) is 5.60. The zero-order chi connectivity index (χ0) is 23.5. The summed E-state index contributed by atoms with van der Waals surface area (Å²) in [6.07, 6.45) is 0.205. The third kappa shape index (κ3) is 5.96. The van der Waals surface area contributed by atoms with Gasteiger partial charge < -0.3 is 14.5 Å². The molecule has 1 saturated heterocycles. The molecule has 3 aromatic carbocycles. The Balaban J connectivity index is 0.00000289. The molecule has 1 fully saturated rings. The van der Waals surface area contributed by atoms with Crippen molar-refractivity contribution in [3.63, 3.8) is 0 Å². The average molecular weight is 510 g/mol. The molecule has 2 N–H and O–H groups in total. The fraction of sp³-hybridized carbons (Fsp3) is 0.192. The number of hydrogen-bond donors (Lipinski definition) is 2. The van der Waals surface area contributed by atoms with Crippen molar-refractivity contribution in [3.8, 4) is 11.5 Å². The van der Waals surface area contributed by atoms with Crippen molar-refractivity contribution in [2.45, 2.75) is 31.3 Å². The van der Waals surface area contributed by atoms with Crippen LogP contribution in [-0.2, 0) is 17.8 Å². The number of aromatic amines is 1. The quantitative estimate of drug-likeness (QED) is 0.321. The van der Waals surface area contributed by atoms with E-state index in [2.05, 4.69) is 15.3 Å². The number of benzene rings is 3. The van der Waals surface area contributed by atoms with Crippen molar-refractivity contribution in [2.75, 3.05) is 0 Å². The largest absolute Gasteiger partial charge is 0.489 e. The number of aromatic nitrogens is 2. The first-order chi connectivity index (χ1) is 16.5. The van der Waals surface area contributed by atoms with Crippen LogP contribution in [0.15, 0.2) is 72.8 Å². The van der Waals surface area contributed by atoms with E-state index in [-0.39, 0.29) is 34.9 Å². The molecule has 7 nitrogen and oxygen atoms in total. The molecule has 1 aliphatic heterocycles. The lowest BCUT2D eigenvalue weighted by atomic mass is 10.1. The van der Waals surface area contributed by atoms with Crippen LogP contribution in [0.25, 0.3) is 11.0 Å². The van der Waals surface area contributed by atoms with E-state index in [0.717, 1.165) is 45.5 Å². The number of fused-ring (bicyclic) bond motifs is 1. The van der Waals surface area contributed by atoms with Crippen molar-refractivity contribution in [3.05, 3.63) is 89.7 Å². The van der Waals surface area contributed by atoms with Gasteiger partial charge in [0, 0.05) is 6.07 Å². The van der Waals surface area contributed by atoms with Crippen LogP contribution in [0.3, 0.4) is 0 Å². The Morgan fingerprint density at radius 1 is 0.971 bits per heavy atom. The van der Waals surface area contributed by atoms with Crippen LogP contribution in [0, 0.1) is 0 Å². The lowest BCUT2D eigenvalue weighted by Crippen LogP contribution is -2.25. The molecule has 0 saturated carbocycles. The van der Waals surface area contributed by atoms with E-state index >= 15 is 0 Å². The van der Waals surface area contributed by atoms with Gasteiger partial charge in [-0.25, -0.2) is 4.98 Å². The molecule has 4 aromatic rings. The average Bonchev–Trinajstić information content (AvgIpc) is 3.41. The van der Waals surface area contributed by atoms with Gasteiger partial charge in [0.1, 0.15) is 23.9 Å². The predicted molar refractivity (Wildman–Crippen MR) is 138 cm³/mol. The first-order valence-electron chi connectivity index (χ1n) is 11.0. The summed E-state index contributed by atoms with van der Waals surface area (Å²) < 4.78 is 12.0. The van der Waals surface area contributed by atoms with Gasteiger partial charge in [0.05, 0.1) is 16.3 Å². The van der Waals surface area contributed by atoms with E-state index < -0.39 is 0 Å². The number of ether oxygens (including phenoxy) is 2. The van der Waals surface area contributed by atoms with Gasteiger partial charge in [0.2, 0.25) is 5.91 Å². The van der Waals surface area contributed by atoms with Gasteiger partial charge in [-0.1, -0.05) is 54.2 Å². The zero-order valence-electron chi connectivity index (χ0n) is 18.9. The lowest BCUT2D eigenvalue weighted by molar-refractivity contribution is -0.118. The molecule has 2 unspecified atom stereocenters. The van der Waals surface area contributed by atoms with Crippen molar-refractivity contribution in [2.24, 2.45) is 0 Å². The van der Waals surface area contributed by atoms with Crippen LogP contribution >= 0.6 is 24.2 Å². The number of halogens is 1. The van der Waals surface area contributed by atoms with E-state index in [4.69, 9.17) is 9.47 Å². The van der Waals surface area contributed by atoms with Crippen LogP contribution in [-0.4, -0.2) is 26.4 Å². The molecule has 0 bridgehead atoms. The SMILES string of the molecule is CC(Oc1ccc(CC2SC(=O)NC2=O)cc1)c1nc2ccc(OCc3ccccc3)cc2[nH]1.Cl. The van der Waals surface area contributed by atoms with Gasteiger partial charge in [0.25, 0.3) is 5.24 Å². The number of thioether (sulfide) groups is 1. The Kier molecular flexibility index (Phi) is 7.63. The number of nitrogens with one attached hydrogen (secondary N) is 2. The van der Waals surface area contributed by atoms with Crippen molar-refractivity contribution in [1.29, 1.82) is 0 Å². The number of hydrogen-bond acceptors (Lipinski definition) is 6. The Hall–Kier alpha value is -3.49. The molecule has 0 spiro atoms. The van der Waals surface area contributed by atoms with Crippen LogP contribution < -0.4 is 14.8 Å². The first kappa shape index (κ1) is 24.6. The van der Waals surface area contributed by atoms with Crippen LogP contribution in [0.1, 0.15) is 30.0 Å². The molecular weight excluding hydrogens is 486 g/mol. The first-order valence-corrected chi connectivity index (χ1v) is 11.8. The van der Waals surface area contributed by atoms with E-state index in [0.29, 0.717) is 18.8 Å². The Morgan fingerprint density at radius 2 is 1.71 bits per heavy atom. The number of carbonyl (C=O) groups is 2. The molecule has 1 aliphatic rings. The van der Waals surface area contributed by atoms with Crippen molar-refractivity contribution in [1.82, 2.24) is 15.3 Å². The Bertz CT molecular complexity index is 1330. The van der Waals surface area contributed by atoms with Gasteiger partial charge in [-0.05, 0) is 48.7 Å². The number of rotatable bonds is 8. The number of imide groups is 1. The maximum absolute atomic E-state index is 11.8. The maximum atomic E-state index is 11.8. The monoisotopic (exact) mass is 509 g/mol. The fourth-order valence-corrected chi connectivity index (χ4v) is 4.60. The molecule has 2 atom stereocenters. The second kappa shape index (κ2) is 10.8. The molecule has 5 rings (SSSR count). The minimum absolute atomic E-state index is 0. The molecule has 2 heterocycles. The normalized spacial score (nSPS) is 16.0. The van der Waals surface area contributed by atoms with E-state index in [9.17, 15) is 9.59 Å². The van der Waals surface area contributed by atoms with Crippen LogP contribution in [0.2, 0.25) is 0 Å². The molecule has 9 heteroatoms. The second-order valence-electron chi connectivity index (χ2n) is 8.07. The van der Waals surface area contributed by atoms with E-state index in [1.807, 2.05) is 79.7 Å². The van der Waals surface area contributed by atoms with Gasteiger partial charge in [0.15, 0.2) is 6.10 Å². The summed E-state index contributed by atoms with van der Waals surface area (Å²) in [5, 5.41) is 1.65. The third-order valence-corrected chi connectivity index (χ3v) is 6.51. The number of imidazole rings is 1. The van der Waals surface area contributed by atoms with Gasteiger partial charge >= 0.3 is 0 Å². The lowest BCUT2D eigenvalue weighted by Gasteiger charge is -2.13. The fourth-order valence-electron chi connectivity index (χ4n) is 3.74. The highest BCUT2D eigenvalue weighted by Crippen LogP contribution is 2.27. The summed E-state index contributed by atoms with van der Waals surface area (Å²) in [4.78, 5) is 31.1. The smallest absolute Gasteiger partial charge is 0.286 e. The van der Waals surface area contributed by atoms with Gasteiger partial charge in [-0.15, -0.1) is 12.4 Å². The molecule has 2 amide bonds. The van der Waals surface area contributed by atoms with Gasteiger partial charge in [-0.3, -0.25) is 14.9 Å². The van der Waals surface area contributed by atoms with E-state index in [1.54, 1.807) is 0 Å². The number of H-pyrrole nitrogens is 1. The summed E-state index contributed by atoms with van der Waals surface area (Å²) in [5.41, 5.74) is 3.80. The molecule has 35 heavy (non-hydrogen) atoms. The number of amides is 2. The highest BCUT2D eigenvalue weighted by atomic mass is 35.5. The zero-order valence-corrected chi connectivity index (χ0v) is 20.5. The van der Waals surface area contributed by atoms with Crippen LogP contribution in [0.5, 0.6) is 11.5 Å². The summed E-state index contributed by atoms with van der Waals surface area (Å²) in [7, 11) is 0. The summed E-state index contributed by atoms with van der Waals surface area (Å²) in [6, 6.07) is 23.4. The maximum Gasteiger partial charge on any atom is 0.286 e. The van der Waals surface area contributed by atoms with Crippen molar-refractivity contribution >= 4 is 46.3 Å². The van der Waals surface area contributed by atoms with Gasteiger partial charge in [-0.2, -0.15) is 0 Å². The highest BCUT2D eigenvalue weighted by Gasteiger charge is 2.31. The molecular formula is C26H24ClN3O4S. The highest BCUT2D eigenvalue weighted by molar-refractivity contribution is 8.15. The molecule has 1 aromatic heterocycles. The molecule has 0 aliphatic carbocycles. The summed E-state index contributed by atoms with van der Waals surface area (Å²) in [6.45, 7) is 2.44. The van der Waals surface area contributed by atoms with Crippen molar-refractivity contribution < 1.29 is 19.1 Å². The van der Waals surface area contributed by atoms with E-state index in [1.165, 1.54) is 0 Å². The molecule has 0 radical (unpaired) electrons. The minimum atomic E-state index is -0.379. The summed E-state index contributed by atoms with van der Waals surface area (Å²) in [5.74, 6) is 1.95. The number of carbonyl (C=O) groups excluding carboxylic acids is 2. The molecule has 180 valence electrons. The third-order valence-electron chi connectivity index (χ3n) is 5.53. The minimum Gasteiger partial charge on any atom is -0.489 e. The van der Waals surface area contributed by atoms with Crippen LogP contribution in [0.4, 0.5) is 4.79 Å². The summed E-state index contributed by atoms with van der Waals surface area (Å²) >= 11 is 1.03. The second-order valence-corrected chi connectivity index (χ2v) is 9.24. The Labute approximate surface area is 213 Å². The standard InChI is InChI=1S/C26H23N3O4S.ClH/c1-16(33-19-9-7-17(8-10-19)13-23-25(30)29-26(31)34-23)24-27-21-12-11-20(14-22(21)28-24)32-15-18-5-3-2-4-6-18;/h2-12,14,16,23H,13,15H2,1H3,(H,27,28)(H,29,30,31);1H. The Morgan fingerprint density at radius 3 is 2.43 bits per heavy atom. The number of nitrogens with zero attached hydrogens (tertiary/aromatic N) is 1.